The monoisotopic (exact) mass is 549 g/mol. The molecular weight excluding hydrogens is 511 g/mol. The summed E-state index contributed by atoms with van der Waals surface area (Å²) in [6.07, 6.45) is 5.69. The number of fused-ring (bicyclic) bond motifs is 1. The van der Waals surface area contributed by atoms with Crippen LogP contribution in [0.4, 0.5) is 0 Å². The Bertz CT molecular complexity index is 1410. The molecule has 2 atom stereocenters. The first-order valence-corrected chi connectivity index (χ1v) is 16.6. The maximum Gasteiger partial charge on any atom is 0.355 e. The second-order valence-corrected chi connectivity index (χ2v) is 17.7. The van der Waals surface area contributed by atoms with Gasteiger partial charge in [0.1, 0.15) is 15.6 Å². The number of nitrogens with zero attached hydrogens (tertiary/aromatic N) is 2. The highest BCUT2D eigenvalue weighted by atomic mass is 32.2. The number of hydrogen-bond donors (Lipinski definition) is 1. The summed E-state index contributed by atoms with van der Waals surface area (Å²) < 4.78 is 31.6. The summed E-state index contributed by atoms with van der Waals surface area (Å²) in [5.41, 5.74) is 0.989. The third kappa shape index (κ3) is 4.92. The minimum atomic E-state index is -3.22. The van der Waals surface area contributed by atoms with Gasteiger partial charge in [-0.1, -0.05) is 107 Å². The van der Waals surface area contributed by atoms with Gasteiger partial charge >= 0.3 is 5.97 Å². The highest BCUT2D eigenvalue weighted by Gasteiger charge is 2.51. The van der Waals surface area contributed by atoms with Gasteiger partial charge in [-0.05, 0) is 28.3 Å². The molecule has 38 heavy (non-hydrogen) atoms. The summed E-state index contributed by atoms with van der Waals surface area (Å²) in [5, 5.41) is 1.85. The molecule has 1 unspecified atom stereocenters. The second-order valence-electron chi connectivity index (χ2n) is 11.1. The van der Waals surface area contributed by atoms with Crippen molar-refractivity contribution >= 4 is 40.6 Å². The van der Waals surface area contributed by atoms with Crippen molar-refractivity contribution in [3.8, 4) is 0 Å². The SMILES string of the molecule is CCOC(=O)c1c2c(cn1C)S(=O)(=N[Si](c1ccccc1)(c1ccccc1)C(C)(C)C)N[C@@H](C(C)C)C=C2. The van der Waals surface area contributed by atoms with Crippen LogP contribution in [0, 0.1) is 5.92 Å². The molecule has 0 aliphatic carbocycles. The van der Waals surface area contributed by atoms with Gasteiger partial charge in [-0.2, -0.15) is 0 Å². The highest BCUT2D eigenvalue weighted by molar-refractivity contribution is 7.92. The molecule has 0 saturated carbocycles. The minimum Gasteiger partial charge on any atom is -0.461 e. The fourth-order valence-corrected chi connectivity index (χ4v) is 14.3. The molecule has 3 aromatic rings. The summed E-state index contributed by atoms with van der Waals surface area (Å²) in [6, 6.07) is 20.4. The molecule has 1 aromatic heterocycles. The van der Waals surface area contributed by atoms with Crippen molar-refractivity contribution in [2.75, 3.05) is 6.61 Å². The molecule has 0 saturated heterocycles. The minimum absolute atomic E-state index is 0.158. The van der Waals surface area contributed by atoms with Gasteiger partial charge < -0.3 is 9.30 Å². The van der Waals surface area contributed by atoms with Crippen LogP contribution in [0.1, 0.15) is 57.6 Å². The quantitative estimate of drug-likeness (QED) is 0.342. The normalized spacial score (nSPS) is 19.6. The van der Waals surface area contributed by atoms with E-state index in [1.807, 2.05) is 48.6 Å². The van der Waals surface area contributed by atoms with Gasteiger partial charge in [-0.25, -0.2) is 17.8 Å². The lowest BCUT2D eigenvalue weighted by atomic mass is 10.0. The fraction of sp³-hybridized carbons (Fsp3) is 0.367. The van der Waals surface area contributed by atoms with Crippen LogP contribution in [-0.4, -0.2) is 35.6 Å². The average Bonchev–Trinajstić information content (AvgIpc) is 3.15. The number of benzene rings is 2. The van der Waals surface area contributed by atoms with E-state index in [0.29, 0.717) is 16.2 Å². The van der Waals surface area contributed by atoms with Gasteiger partial charge in [0.25, 0.3) is 8.24 Å². The molecule has 0 spiro atoms. The van der Waals surface area contributed by atoms with Crippen molar-refractivity contribution in [3.63, 3.8) is 0 Å². The molecule has 202 valence electrons. The van der Waals surface area contributed by atoms with Gasteiger partial charge in [0.05, 0.1) is 11.5 Å². The number of ether oxygens (including phenoxy) is 1. The van der Waals surface area contributed by atoms with Crippen LogP contribution >= 0.6 is 0 Å². The van der Waals surface area contributed by atoms with Crippen LogP contribution in [0.5, 0.6) is 0 Å². The van der Waals surface area contributed by atoms with Crippen LogP contribution in [0.3, 0.4) is 0 Å². The van der Waals surface area contributed by atoms with Crippen LogP contribution < -0.4 is 15.1 Å². The Morgan fingerprint density at radius 3 is 2.11 bits per heavy atom. The molecule has 1 aliphatic heterocycles. The zero-order chi connectivity index (χ0) is 27.7. The third-order valence-electron chi connectivity index (χ3n) is 7.17. The molecule has 2 heterocycles. The predicted molar refractivity (Wildman–Crippen MR) is 159 cm³/mol. The Morgan fingerprint density at radius 1 is 1.08 bits per heavy atom. The average molecular weight is 550 g/mol. The molecule has 4 rings (SSSR count). The Labute approximate surface area is 228 Å². The highest BCUT2D eigenvalue weighted by Crippen LogP contribution is 2.39. The van der Waals surface area contributed by atoms with Crippen molar-refractivity contribution < 1.29 is 13.7 Å². The summed E-state index contributed by atoms with van der Waals surface area (Å²) in [7, 11) is -4.51. The molecule has 0 fully saturated rings. The number of nitrogens with one attached hydrogen (secondary N) is 1. The first kappa shape index (κ1) is 28.1. The number of esters is 1. The van der Waals surface area contributed by atoms with Crippen LogP contribution in [0.2, 0.25) is 5.04 Å². The summed E-state index contributed by atoms with van der Waals surface area (Å²) in [6.45, 7) is 12.8. The van der Waals surface area contributed by atoms with Gasteiger partial charge in [-0.3, -0.25) is 0 Å². The number of hydrogen-bond acceptors (Lipinski definition) is 4. The van der Waals surface area contributed by atoms with Crippen molar-refractivity contribution in [1.29, 1.82) is 0 Å². The molecule has 6 nitrogen and oxygen atoms in total. The molecule has 0 amide bonds. The fourth-order valence-electron chi connectivity index (χ4n) is 5.20. The van der Waals surface area contributed by atoms with Gasteiger partial charge in [0.15, 0.2) is 0 Å². The third-order valence-corrected chi connectivity index (χ3v) is 15.3. The second kappa shape index (κ2) is 10.7. The molecule has 0 bridgehead atoms. The lowest BCUT2D eigenvalue weighted by Crippen LogP contribution is -2.64. The number of aromatic nitrogens is 1. The standard InChI is InChI=1S/C30H39N3O3SSi/c1-8-36-29(34)28-25-19-20-26(22(2)3)31-37(35,27(25)21-33(28)7)32-38(30(4,5)6,23-15-11-9-12-16-23)24-17-13-10-14-18-24/h9-22,26H,8H2,1-7H3,(H,31,32,35)/t26-,37?/m1/s1. The number of rotatable bonds is 6. The van der Waals surface area contributed by atoms with E-state index in [9.17, 15) is 4.79 Å². The lowest BCUT2D eigenvalue weighted by molar-refractivity contribution is 0.0515. The number of carbonyl (C=O) groups excluding carboxylic acids is 1. The zero-order valence-corrected chi connectivity index (χ0v) is 25.2. The van der Waals surface area contributed by atoms with Crippen molar-refractivity contribution in [1.82, 2.24) is 9.29 Å². The molecule has 8 heteroatoms. The smallest absolute Gasteiger partial charge is 0.355 e. The summed E-state index contributed by atoms with van der Waals surface area (Å²) in [4.78, 5) is 13.5. The predicted octanol–water partition coefficient (Wildman–Crippen LogP) is 5.14. The number of aryl methyl sites for hydroxylation is 1. The topological polar surface area (TPSA) is 72.7 Å². The first-order chi connectivity index (χ1) is 17.9. The Hall–Kier alpha value is -2.94. The Morgan fingerprint density at radius 2 is 1.63 bits per heavy atom. The van der Waals surface area contributed by atoms with Crippen molar-refractivity contribution in [3.05, 3.63) is 84.2 Å². The molecule has 2 aromatic carbocycles. The van der Waals surface area contributed by atoms with Crippen LogP contribution in [-0.2, 0) is 21.7 Å². The van der Waals surface area contributed by atoms with Gasteiger partial charge in [0, 0.05) is 24.8 Å². The van der Waals surface area contributed by atoms with Crippen LogP contribution in [0.15, 0.2) is 81.9 Å². The maximum atomic E-state index is 15.5. The van der Waals surface area contributed by atoms with E-state index in [0.717, 1.165) is 10.4 Å². The van der Waals surface area contributed by atoms with Crippen molar-refractivity contribution in [2.45, 2.75) is 57.5 Å². The Balaban J connectivity index is 2.15. The Kier molecular flexibility index (Phi) is 7.88. The summed E-state index contributed by atoms with van der Waals surface area (Å²) >= 11 is 0. The first-order valence-electron chi connectivity index (χ1n) is 13.2. The molecular formula is C30H39N3O3SSi. The van der Waals surface area contributed by atoms with E-state index in [1.54, 1.807) is 24.7 Å². The van der Waals surface area contributed by atoms with Crippen molar-refractivity contribution in [2.24, 2.45) is 17.0 Å². The van der Waals surface area contributed by atoms with E-state index in [2.05, 4.69) is 63.6 Å². The maximum absolute atomic E-state index is 15.5. The lowest BCUT2D eigenvalue weighted by Gasteiger charge is -2.40. The van der Waals surface area contributed by atoms with Crippen LogP contribution in [0.25, 0.3) is 6.08 Å². The molecule has 1 aliphatic rings. The molecule has 0 radical (unpaired) electrons. The largest absolute Gasteiger partial charge is 0.461 e. The number of carbonyl (C=O) groups is 1. The van der Waals surface area contributed by atoms with E-state index in [1.165, 1.54) is 0 Å². The van der Waals surface area contributed by atoms with E-state index >= 15 is 4.21 Å². The van der Waals surface area contributed by atoms with E-state index in [-0.39, 0.29) is 23.6 Å². The van der Waals surface area contributed by atoms with Gasteiger partial charge in [0.2, 0.25) is 0 Å². The summed E-state index contributed by atoms with van der Waals surface area (Å²) in [5.74, 6) is -0.277. The zero-order valence-electron chi connectivity index (χ0n) is 23.4. The van der Waals surface area contributed by atoms with E-state index < -0.39 is 24.1 Å². The van der Waals surface area contributed by atoms with E-state index in [4.69, 9.17) is 8.77 Å². The molecule has 1 N–H and O–H groups in total. The van der Waals surface area contributed by atoms with Gasteiger partial charge in [-0.15, -0.1) is 0 Å².